The van der Waals surface area contributed by atoms with Crippen molar-refractivity contribution in [3.8, 4) is 11.3 Å². The average molecular weight is 309 g/mol. The van der Waals surface area contributed by atoms with Gasteiger partial charge in [-0.25, -0.2) is 9.50 Å². The summed E-state index contributed by atoms with van der Waals surface area (Å²) in [6.07, 6.45) is 6.42. The molecule has 4 aromatic rings. The molecule has 1 aromatic carbocycles. The number of aromatic nitrogens is 4. The molecule has 1 saturated carbocycles. The molecule has 110 valence electrons. The topological polar surface area (TPSA) is 49.2 Å². The van der Waals surface area contributed by atoms with Gasteiger partial charge in [-0.2, -0.15) is 0 Å². The normalized spacial score (nSPS) is 15.0. The molecule has 0 unspecified atom stereocenters. The Bertz CT molecular complexity index is 975. The van der Waals surface area contributed by atoms with Crippen LogP contribution < -0.4 is 4.90 Å². The second kappa shape index (κ2) is 4.33. The number of H-pyrrole nitrogens is 1. The maximum absolute atomic E-state index is 4.77. The van der Waals surface area contributed by atoms with Gasteiger partial charge in [-0.15, -0.1) is 5.10 Å². The fourth-order valence-electron chi connectivity index (χ4n) is 2.85. The van der Waals surface area contributed by atoms with E-state index in [1.165, 1.54) is 18.2 Å². The van der Waals surface area contributed by atoms with Gasteiger partial charge >= 0.3 is 0 Å². The molecule has 1 aliphatic carbocycles. The fraction of sp³-hybridized carbons (Fsp3) is 0.250. The van der Waals surface area contributed by atoms with Crippen LogP contribution in [0.25, 0.3) is 27.1 Å². The summed E-state index contributed by atoms with van der Waals surface area (Å²) in [7, 11) is 2.13. The highest BCUT2D eigenvalue weighted by Gasteiger charge is 2.28. The Hall–Kier alpha value is -2.34. The standard InChI is InChI=1S/C16H15N5S/c1-20(12-3-4-12)16-19-21-14(9-18-15(21)22-16)11-2-5-13-10(8-11)6-7-17-13/h2,5-9,12,17H,3-4H2,1H3. The summed E-state index contributed by atoms with van der Waals surface area (Å²) in [4.78, 5) is 11.0. The number of rotatable bonds is 3. The predicted molar refractivity (Wildman–Crippen MR) is 89.6 cm³/mol. The summed E-state index contributed by atoms with van der Waals surface area (Å²) in [5.41, 5.74) is 3.34. The Morgan fingerprint density at radius 1 is 1.32 bits per heavy atom. The number of nitrogens with zero attached hydrogens (tertiary/aromatic N) is 4. The third-order valence-corrected chi connectivity index (χ3v) is 5.33. The van der Waals surface area contributed by atoms with Crippen LogP contribution in [0.2, 0.25) is 0 Å². The van der Waals surface area contributed by atoms with Gasteiger partial charge in [0.15, 0.2) is 0 Å². The predicted octanol–water partition coefficient (Wildman–Crippen LogP) is 3.54. The van der Waals surface area contributed by atoms with Gasteiger partial charge < -0.3 is 9.88 Å². The number of hydrogen-bond donors (Lipinski definition) is 1. The number of aromatic amines is 1. The van der Waals surface area contributed by atoms with Crippen molar-refractivity contribution in [3.05, 3.63) is 36.7 Å². The van der Waals surface area contributed by atoms with E-state index in [-0.39, 0.29) is 0 Å². The number of anilines is 1. The third kappa shape index (κ3) is 1.77. The highest BCUT2D eigenvalue weighted by Crippen LogP contribution is 2.34. The minimum atomic E-state index is 0.663. The van der Waals surface area contributed by atoms with E-state index in [0.717, 1.165) is 26.9 Å². The number of imidazole rings is 1. The molecule has 3 heterocycles. The van der Waals surface area contributed by atoms with Crippen LogP contribution in [0.3, 0.4) is 0 Å². The molecule has 5 nitrogen and oxygen atoms in total. The number of hydrogen-bond acceptors (Lipinski definition) is 4. The fourth-order valence-corrected chi connectivity index (χ4v) is 3.76. The van der Waals surface area contributed by atoms with Crippen LogP contribution in [-0.4, -0.2) is 32.7 Å². The maximum Gasteiger partial charge on any atom is 0.214 e. The van der Waals surface area contributed by atoms with Crippen LogP contribution in [-0.2, 0) is 0 Å². The van der Waals surface area contributed by atoms with E-state index >= 15 is 0 Å². The highest BCUT2D eigenvalue weighted by molar-refractivity contribution is 7.20. The van der Waals surface area contributed by atoms with Crippen LogP contribution in [0.4, 0.5) is 5.13 Å². The lowest BCUT2D eigenvalue weighted by molar-refractivity contribution is 0.868. The molecule has 3 aromatic heterocycles. The second-order valence-corrected chi connectivity index (χ2v) is 6.78. The summed E-state index contributed by atoms with van der Waals surface area (Å²) in [6, 6.07) is 9.15. The molecule has 22 heavy (non-hydrogen) atoms. The summed E-state index contributed by atoms with van der Waals surface area (Å²) in [5.74, 6) is 0. The minimum absolute atomic E-state index is 0.663. The highest BCUT2D eigenvalue weighted by atomic mass is 32.1. The zero-order valence-corrected chi connectivity index (χ0v) is 13.0. The minimum Gasteiger partial charge on any atom is -0.361 e. The molecule has 0 aliphatic heterocycles. The molecule has 0 saturated heterocycles. The molecule has 0 atom stereocenters. The van der Waals surface area contributed by atoms with Crippen molar-refractivity contribution in [1.29, 1.82) is 0 Å². The lowest BCUT2D eigenvalue weighted by Gasteiger charge is -2.12. The SMILES string of the molecule is CN(c1nn2c(-c3ccc4[nH]ccc4c3)cnc2s1)C1CC1. The lowest BCUT2D eigenvalue weighted by atomic mass is 10.1. The van der Waals surface area contributed by atoms with Crippen LogP contribution in [0.15, 0.2) is 36.7 Å². The van der Waals surface area contributed by atoms with Crippen molar-refractivity contribution in [2.75, 3.05) is 11.9 Å². The quantitative estimate of drug-likeness (QED) is 0.630. The van der Waals surface area contributed by atoms with E-state index in [1.54, 1.807) is 11.3 Å². The summed E-state index contributed by atoms with van der Waals surface area (Å²) < 4.78 is 1.96. The summed E-state index contributed by atoms with van der Waals surface area (Å²) in [6.45, 7) is 0. The monoisotopic (exact) mass is 309 g/mol. The van der Waals surface area contributed by atoms with Gasteiger partial charge in [-0.05, 0) is 31.0 Å². The van der Waals surface area contributed by atoms with Gasteiger partial charge in [0.25, 0.3) is 0 Å². The van der Waals surface area contributed by atoms with Crippen molar-refractivity contribution in [1.82, 2.24) is 19.6 Å². The van der Waals surface area contributed by atoms with Gasteiger partial charge in [0.1, 0.15) is 0 Å². The van der Waals surface area contributed by atoms with E-state index in [9.17, 15) is 0 Å². The first-order valence-corrected chi connectivity index (χ1v) is 8.26. The molecular formula is C16H15N5S. The maximum atomic E-state index is 4.77. The Labute approximate surface area is 131 Å². The molecule has 1 fully saturated rings. The zero-order valence-electron chi connectivity index (χ0n) is 12.2. The summed E-state index contributed by atoms with van der Waals surface area (Å²) >= 11 is 1.65. The van der Waals surface area contributed by atoms with Gasteiger partial charge in [-0.3, -0.25) is 0 Å². The van der Waals surface area contributed by atoms with Crippen LogP contribution in [0.1, 0.15) is 12.8 Å². The van der Waals surface area contributed by atoms with E-state index < -0.39 is 0 Å². The largest absolute Gasteiger partial charge is 0.361 e. The van der Waals surface area contributed by atoms with Crippen molar-refractivity contribution in [2.45, 2.75) is 18.9 Å². The van der Waals surface area contributed by atoms with Gasteiger partial charge in [0, 0.05) is 35.8 Å². The first kappa shape index (κ1) is 12.2. The van der Waals surface area contributed by atoms with Crippen molar-refractivity contribution in [3.63, 3.8) is 0 Å². The van der Waals surface area contributed by atoms with E-state index in [2.05, 4.69) is 46.2 Å². The lowest BCUT2D eigenvalue weighted by Crippen LogP contribution is -2.19. The second-order valence-electron chi connectivity index (χ2n) is 5.84. The van der Waals surface area contributed by atoms with E-state index in [1.807, 2.05) is 16.9 Å². The number of nitrogens with one attached hydrogen (secondary N) is 1. The molecule has 0 bridgehead atoms. The summed E-state index contributed by atoms with van der Waals surface area (Å²) in [5, 5.41) is 7.03. The Morgan fingerprint density at radius 2 is 2.23 bits per heavy atom. The molecule has 0 radical (unpaired) electrons. The van der Waals surface area contributed by atoms with Crippen LogP contribution >= 0.6 is 11.3 Å². The van der Waals surface area contributed by atoms with Crippen molar-refractivity contribution in [2.24, 2.45) is 0 Å². The van der Waals surface area contributed by atoms with Gasteiger partial charge in [-0.1, -0.05) is 17.4 Å². The molecule has 0 amide bonds. The smallest absolute Gasteiger partial charge is 0.214 e. The van der Waals surface area contributed by atoms with E-state index in [0.29, 0.717) is 6.04 Å². The first-order valence-electron chi connectivity index (χ1n) is 7.44. The van der Waals surface area contributed by atoms with Gasteiger partial charge in [0.05, 0.1) is 11.9 Å². The Balaban J connectivity index is 1.63. The molecule has 5 rings (SSSR count). The van der Waals surface area contributed by atoms with Crippen molar-refractivity contribution >= 4 is 32.3 Å². The first-order chi connectivity index (χ1) is 10.8. The Kier molecular flexibility index (Phi) is 2.41. The van der Waals surface area contributed by atoms with Crippen molar-refractivity contribution < 1.29 is 0 Å². The third-order valence-electron chi connectivity index (χ3n) is 4.32. The number of benzene rings is 1. The molecule has 0 spiro atoms. The molecule has 1 aliphatic rings. The number of fused-ring (bicyclic) bond motifs is 2. The molecule has 6 heteroatoms. The Morgan fingerprint density at radius 3 is 3.09 bits per heavy atom. The molecule has 1 N–H and O–H groups in total. The van der Waals surface area contributed by atoms with E-state index in [4.69, 9.17) is 5.10 Å². The zero-order chi connectivity index (χ0) is 14.7. The van der Waals surface area contributed by atoms with Gasteiger partial charge in [0.2, 0.25) is 10.1 Å². The van der Waals surface area contributed by atoms with Crippen LogP contribution in [0.5, 0.6) is 0 Å². The average Bonchev–Trinajstić information content (AvgIpc) is 2.95. The molecular weight excluding hydrogens is 294 g/mol. The van der Waals surface area contributed by atoms with Crippen LogP contribution in [0, 0.1) is 0 Å².